The van der Waals surface area contributed by atoms with E-state index in [0.717, 1.165) is 32.4 Å². The molecule has 0 radical (unpaired) electrons. The van der Waals surface area contributed by atoms with Crippen molar-refractivity contribution in [3.8, 4) is 12.3 Å². The number of carbonyl (C=O) groups excluding carboxylic acids is 1. The summed E-state index contributed by atoms with van der Waals surface area (Å²) in [5, 5.41) is 6.14. The summed E-state index contributed by atoms with van der Waals surface area (Å²) in [5.74, 6) is 2.71. The fraction of sp³-hybridized carbons (Fsp3) is 0.750. The lowest BCUT2D eigenvalue weighted by Crippen LogP contribution is -2.44. The summed E-state index contributed by atoms with van der Waals surface area (Å²) in [7, 11) is 0. The standard InChI is InChI=1S/C12H20N2O/c1-4-6-10(5-2)14-11(15)12(3)7-8-13-9-12/h2,10,13H,4,6-9H2,1,3H3,(H,14,15). The fourth-order valence-corrected chi connectivity index (χ4v) is 1.83. The minimum absolute atomic E-state index is 0.0869. The lowest BCUT2D eigenvalue weighted by atomic mass is 9.88. The van der Waals surface area contributed by atoms with E-state index in [0.29, 0.717) is 0 Å². The summed E-state index contributed by atoms with van der Waals surface area (Å²) in [6, 6.07) is -0.111. The van der Waals surface area contributed by atoms with Crippen LogP contribution in [0.3, 0.4) is 0 Å². The van der Waals surface area contributed by atoms with E-state index >= 15 is 0 Å². The maximum atomic E-state index is 12.0. The highest BCUT2D eigenvalue weighted by Crippen LogP contribution is 2.24. The number of terminal acetylenes is 1. The van der Waals surface area contributed by atoms with Gasteiger partial charge in [-0.15, -0.1) is 6.42 Å². The first kappa shape index (κ1) is 12.1. The molecule has 1 amide bonds. The minimum atomic E-state index is -0.275. The molecule has 1 heterocycles. The zero-order valence-electron chi connectivity index (χ0n) is 9.60. The first-order valence-corrected chi connectivity index (χ1v) is 5.60. The Kier molecular flexibility index (Phi) is 4.16. The van der Waals surface area contributed by atoms with Gasteiger partial charge in [0.05, 0.1) is 11.5 Å². The summed E-state index contributed by atoms with van der Waals surface area (Å²) < 4.78 is 0. The van der Waals surface area contributed by atoms with Gasteiger partial charge in [0.2, 0.25) is 5.91 Å². The van der Waals surface area contributed by atoms with Gasteiger partial charge >= 0.3 is 0 Å². The molecule has 84 valence electrons. The van der Waals surface area contributed by atoms with E-state index in [2.05, 4.69) is 23.5 Å². The zero-order valence-corrected chi connectivity index (χ0v) is 9.60. The topological polar surface area (TPSA) is 41.1 Å². The molecule has 0 aromatic heterocycles. The molecule has 2 unspecified atom stereocenters. The summed E-state index contributed by atoms with van der Waals surface area (Å²) in [4.78, 5) is 12.0. The van der Waals surface area contributed by atoms with E-state index in [4.69, 9.17) is 6.42 Å². The average Bonchev–Trinajstić information content (AvgIpc) is 2.65. The number of amides is 1. The number of rotatable bonds is 4. The van der Waals surface area contributed by atoms with Crippen LogP contribution in [-0.2, 0) is 4.79 Å². The van der Waals surface area contributed by atoms with Gasteiger partial charge in [0.15, 0.2) is 0 Å². The average molecular weight is 208 g/mol. The molecule has 0 aromatic rings. The van der Waals surface area contributed by atoms with Gasteiger partial charge in [0.25, 0.3) is 0 Å². The van der Waals surface area contributed by atoms with Gasteiger partial charge in [0, 0.05) is 6.54 Å². The SMILES string of the molecule is C#CC(CCC)NC(=O)C1(C)CCNC1. The third-order valence-electron chi connectivity index (χ3n) is 3.00. The van der Waals surface area contributed by atoms with Crippen LogP contribution in [0.1, 0.15) is 33.1 Å². The molecule has 3 nitrogen and oxygen atoms in total. The second-order valence-electron chi connectivity index (χ2n) is 4.47. The first-order valence-electron chi connectivity index (χ1n) is 5.60. The number of carbonyl (C=O) groups is 1. The molecule has 0 saturated carbocycles. The molecule has 1 fully saturated rings. The van der Waals surface area contributed by atoms with Crippen LogP contribution >= 0.6 is 0 Å². The smallest absolute Gasteiger partial charge is 0.228 e. The van der Waals surface area contributed by atoms with Crippen molar-refractivity contribution < 1.29 is 4.79 Å². The van der Waals surface area contributed by atoms with E-state index < -0.39 is 0 Å². The fourth-order valence-electron chi connectivity index (χ4n) is 1.83. The van der Waals surface area contributed by atoms with Crippen molar-refractivity contribution in [3.63, 3.8) is 0 Å². The van der Waals surface area contributed by atoms with Crippen LogP contribution in [0.2, 0.25) is 0 Å². The third kappa shape index (κ3) is 2.97. The number of hydrogen-bond acceptors (Lipinski definition) is 2. The molecule has 1 aliphatic rings. The summed E-state index contributed by atoms with van der Waals surface area (Å²) in [6.07, 6.45) is 8.10. The van der Waals surface area contributed by atoms with Crippen LogP contribution in [0.5, 0.6) is 0 Å². The molecule has 3 heteroatoms. The van der Waals surface area contributed by atoms with E-state index in [9.17, 15) is 4.79 Å². The van der Waals surface area contributed by atoms with Gasteiger partial charge in [-0.1, -0.05) is 19.3 Å². The van der Waals surface area contributed by atoms with E-state index in [1.54, 1.807) is 0 Å². The Morgan fingerprint density at radius 1 is 1.73 bits per heavy atom. The number of hydrogen-bond donors (Lipinski definition) is 2. The van der Waals surface area contributed by atoms with Crippen molar-refractivity contribution in [2.75, 3.05) is 13.1 Å². The van der Waals surface area contributed by atoms with Crippen LogP contribution in [0, 0.1) is 17.8 Å². The van der Waals surface area contributed by atoms with Gasteiger partial charge in [0.1, 0.15) is 0 Å². The van der Waals surface area contributed by atoms with Crippen LogP contribution < -0.4 is 10.6 Å². The monoisotopic (exact) mass is 208 g/mol. The molecule has 2 atom stereocenters. The summed E-state index contributed by atoms with van der Waals surface area (Å²) >= 11 is 0. The lowest BCUT2D eigenvalue weighted by molar-refractivity contribution is -0.129. The molecule has 1 saturated heterocycles. The molecule has 15 heavy (non-hydrogen) atoms. The van der Waals surface area contributed by atoms with Crippen molar-refractivity contribution in [1.82, 2.24) is 10.6 Å². The molecule has 0 spiro atoms. The van der Waals surface area contributed by atoms with Gasteiger partial charge in [-0.2, -0.15) is 0 Å². The molecular weight excluding hydrogens is 188 g/mol. The molecule has 2 N–H and O–H groups in total. The second kappa shape index (κ2) is 5.18. The van der Waals surface area contributed by atoms with E-state index in [1.165, 1.54) is 0 Å². The molecule has 1 rings (SSSR count). The molecule has 0 aliphatic carbocycles. The highest BCUT2D eigenvalue weighted by Gasteiger charge is 2.36. The third-order valence-corrected chi connectivity index (χ3v) is 3.00. The summed E-state index contributed by atoms with van der Waals surface area (Å²) in [5.41, 5.74) is -0.275. The Labute approximate surface area is 92.0 Å². The van der Waals surface area contributed by atoms with Crippen molar-refractivity contribution in [2.24, 2.45) is 5.41 Å². The van der Waals surface area contributed by atoms with Crippen LogP contribution in [0.15, 0.2) is 0 Å². The van der Waals surface area contributed by atoms with Crippen molar-refractivity contribution in [3.05, 3.63) is 0 Å². The van der Waals surface area contributed by atoms with Crippen molar-refractivity contribution in [1.29, 1.82) is 0 Å². The Balaban J connectivity index is 2.50. The van der Waals surface area contributed by atoms with Crippen molar-refractivity contribution in [2.45, 2.75) is 39.2 Å². The Morgan fingerprint density at radius 3 is 2.93 bits per heavy atom. The molecule has 0 bridgehead atoms. The highest BCUT2D eigenvalue weighted by atomic mass is 16.2. The van der Waals surface area contributed by atoms with Gasteiger partial charge in [-0.3, -0.25) is 4.79 Å². The van der Waals surface area contributed by atoms with Crippen LogP contribution in [0.4, 0.5) is 0 Å². The first-order chi connectivity index (χ1) is 7.12. The Morgan fingerprint density at radius 2 is 2.47 bits per heavy atom. The van der Waals surface area contributed by atoms with E-state index in [-0.39, 0.29) is 17.4 Å². The van der Waals surface area contributed by atoms with Crippen molar-refractivity contribution >= 4 is 5.91 Å². The maximum absolute atomic E-state index is 12.0. The van der Waals surface area contributed by atoms with E-state index in [1.807, 2.05) is 6.92 Å². The largest absolute Gasteiger partial charge is 0.342 e. The Hall–Kier alpha value is -1.01. The molecule has 1 aliphatic heterocycles. The molecule has 0 aromatic carbocycles. The predicted octanol–water partition coefficient (Wildman–Crippen LogP) is 0.904. The highest BCUT2D eigenvalue weighted by molar-refractivity contribution is 5.83. The van der Waals surface area contributed by atoms with Gasteiger partial charge in [-0.25, -0.2) is 0 Å². The zero-order chi connectivity index (χ0) is 11.3. The van der Waals surface area contributed by atoms with Gasteiger partial charge < -0.3 is 10.6 Å². The molecular formula is C12H20N2O. The van der Waals surface area contributed by atoms with Gasteiger partial charge in [-0.05, 0) is 26.3 Å². The lowest BCUT2D eigenvalue weighted by Gasteiger charge is -2.23. The maximum Gasteiger partial charge on any atom is 0.228 e. The van der Waals surface area contributed by atoms with Crippen LogP contribution in [0.25, 0.3) is 0 Å². The van der Waals surface area contributed by atoms with Crippen LogP contribution in [-0.4, -0.2) is 25.0 Å². The minimum Gasteiger partial charge on any atom is -0.342 e. The number of nitrogens with one attached hydrogen (secondary N) is 2. The summed E-state index contributed by atoms with van der Waals surface area (Å²) in [6.45, 7) is 5.72. The second-order valence-corrected chi connectivity index (χ2v) is 4.47. The normalized spacial score (nSPS) is 27.0. The Bertz CT molecular complexity index is 261. The quantitative estimate of drug-likeness (QED) is 0.674. The predicted molar refractivity (Wildman–Crippen MR) is 61.3 cm³/mol.